The number of hydrogen-bond donors (Lipinski definition) is 3. The average Bonchev–Trinajstić information content (AvgIpc) is 3.05. The Labute approximate surface area is 156 Å². The summed E-state index contributed by atoms with van der Waals surface area (Å²) >= 11 is 0. The normalized spacial score (nSPS) is 17.6. The van der Waals surface area contributed by atoms with Gasteiger partial charge in [-0.25, -0.2) is 4.79 Å². The molecule has 0 bridgehead atoms. The van der Waals surface area contributed by atoms with Crippen molar-refractivity contribution in [3.63, 3.8) is 0 Å². The fraction of sp³-hybridized carbons (Fsp3) is 0.556. The van der Waals surface area contributed by atoms with E-state index in [1.54, 1.807) is 5.32 Å². The van der Waals surface area contributed by atoms with Crippen molar-refractivity contribution in [3.05, 3.63) is 29.8 Å². The van der Waals surface area contributed by atoms with Crippen molar-refractivity contribution in [1.82, 2.24) is 15.5 Å². The van der Waals surface area contributed by atoms with E-state index in [4.69, 9.17) is 0 Å². The number of rotatable bonds is 7. The number of amides is 3. The maximum Gasteiger partial charge on any atom is 0.405 e. The summed E-state index contributed by atoms with van der Waals surface area (Å²) in [6, 6.07) is 5.66. The van der Waals surface area contributed by atoms with Crippen LogP contribution in [0.5, 0.6) is 0 Å². The highest BCUT2D eigenvalue weighted by molar-refractivity contribution is 5.95. The predicted molar refractivity (Wildman–Crippen MR) is 96.7 cm³/mol. The van der Waals surface area contributed by atoms with Crippen LogP contribution < -0.4 is 16.0 Å². The van der Waals surface area contributed by atoms with Gasteiger partial charge >= 0.3 is 12.2 Å². The van der Waals surface area contributed by atoms with Gasteiger partial charge in [-0.1, -0.05) is 6.92 Å². The van der Waals surface area contributed by atoms with Crippen molar-refractivity contribution in [2.45, 2.75) is 38.4 Å². The maximum absolute atomic E-state index is 12.1. The number of halogens is 3. The summed E-state index contributed by atoms with van der Waals surface area (Å²) in [6.45, 7) is 3.38. The fourth-order valence-corrected chi connectivity index (χ4v) is 3.08. The Morgan fingerprint density at radius 1 is 1.19 bits per heavy atom. The molecule has 0 aromatic heterocycles. The molecule has 9 heteroatoms. The van der Waals surface area contributed by atoms with E-state index in [2.05, 4.69) is 22.5 Å². The summed E-state index contributed by atoms with van der Waals surface area (Å²) in [7, 11) is 0. The van der Waals surface area contributed by atoms with Crippen LogP contribution in [-0.2, 0) is 0 Å². The van der Waals surface area contributed by atoms with Gasteiger partial charge in [-0.05, 0) is 56.6 Å². The molecule has 0 radical (unpaired) electrons. The van der Waals surface area contributed by atoms with Crippen LogP contribution in [0.3, 0.4) is 0 Å². The largest absolute Gasteiger partial charge is 0.405 e. The van der Waals surface area contributed by atoms with Gasteiger partial charge in [0, 0.05) is 23.8 Å². The average molecular weight is 386 g/mol. The minimum atomic E-state index is -4.46. The van der Waals surface area contributed by atoms with Gasteiger partial charge in [-0.3, -0.25) is 9.69 Å². The summed E-state index contributed by atoms with van der Waals surface area (Å²) in [5.41, 5.74) is 0.545. The molecule has 6 nitrogen and oxygen atoms in total. The summed E-state index contributed by atoms with van der Waals surface area (Å²) in [4.78, 5) is 26.0. The van der Waals surface area contributed by atoms with Crippen LogP contribution in [0.25, 0.3) is 0 Å². The second-order valence-electron chi connectivity index (χ2n) is 6.54. The smallest absolute Gasteiger partial charge is 0.343 e. The number of anilines is 1. The lowest BCUT2D eigenvalue weighted by atomic mass is 10.2. The van der Waals surface area contributed by atoms with Gasteiger partial charge in [0.15, 0.2) is 0 Å². The Morgan fingerprint density at radius 2 is 1.89 bits per heavy atom. The van der Waals surface area contributed by atoms with Crippen molar-refractivity contribution < 1.29 is 22.8 Å². The van der Waals surface area contributed by atoms with Crippen LogP contribution in [0.2, 0.25) is 0 Å². The number of carbonyl (C=O) groups is 2. The second-order valence-corrected chi connectivity index (χ2v) is 6.54. The van der Waals surface area contributed by atoms with Crippen molar-refractivity contribution in [2.75, 3.05) is 31.5 Å². The first-order valence-electron chi connectivity index (χ1n) is 9.02. The molecule has 1 aromatic rings. The molecule has 1 heterocycles. The molecule has 3 amide bonds. The quantitative estimate of drug-likeness (QED) is 0.675. The van der Waals surface area contributed by atoms with Gasteiger partial charge < -0.3 is 16.0 Å². The highest BCUT2D eigenvalue weighted by Gasteiger charge is 2.28. The zero-order valence-corrected chi connectivity index (χ0v) is 15.2. The number of alkyl halides is 3. The Balaban J connectivity index is 1.78. The standard InChI is InChI=1S/C18H25F3N4O2/c1-2-9-25-10-3-4-15(25)11-22-17(27)24-14-7-5-13(6-8-14)16(26)23-12-18(19,20)21/h5-8,15H,2-4,9-12H2,1H3,(H,23,26)(H2,22,24,27)/t15-/m0/s1. The van der Waals surface area contributed by atoms with Gasteiger partial charge in [0.05, 0.1) is 0 Å². The molecule has 1 fully saturated rings. The zero-order valence-electron chi connectivity index (χ0n) is 15.2. The first kappa shape index (κ1) is 21.0. The number of urea groups is 1. The molecular weight excluding hydrogens is 361 g/mol. The second kappa shape index (κ2) is 9.59. The third-order valence-electron chi connectivity index (χ3n) is 4.36. The zero-order chi connectivity index (χ0) is 19.9. The molecule has 1 aliphatic heterocycles. The molecule has 0 aliphatic carbocycles. The van der Waals surface area contributed by atoms with Crippen LogP contribution in [0.15, 0.2) is 24.3 Å². The lowest BCUT2D eigenvalue weighted by Crippen LogP contribution is -2.41. The molecule has 1 aromatic carbocycles. The monoisotopic (exact) mass is 386 g/mol. The van der Waals surface area contributed by atoms with E-state index < -0.39 is 18.6 Å². The molecule has 1 saturated heterocycles. The molecule has 0 saturated carbocycles. The molecular formula is C18H25F3N4O2. The maximum atomic E-state index is 12.1. The lowest BCUT2D eigenvalue weighted by Gasteiger charge is -2.24. The van der Waals surface area contributed by atoms with E-state index in [1.165, 1.54) is 24.3 Å². The summed E-state index contributed by atoms with van der Waals surface area (Å²) in [6.07, 6.45) is -1.19. The van der Waals surface area contributed by atoms with Gasteiger partial charge in [-0.2, -0.15) is 13.2 Å². The van der Waals surface area contributed by atoms with Crippen molar-refractivity contribution in [2.24, 2.45) is 0 Å². The highest BCUT2D eigenvalue weighted by Crippen LogP contribution is 2.17. The molecule has 2 rings (SSSR count). The number of likely N-dealkylation sites (tertiary alicyclic amines) is 1. The number of hydrogen-bond acceptors (Lipinski definition) is 3. The van der Waals surface area contributed by atoms with Crippen LogP contribution in [0, 0.1) is 0 Å². The summed E-state index contributed by atoms with van der Waals surface area (Å²) < 4.78 is 36.4. The van der Waals surface area contributed by atoms with Crippen LogP contribution in [-0.4, -0.2) is 55.2 Å². The Morgan fingerprint density at radius 3 is 2.52 bits per heavy atom. The highest BCUT2D eigenvalue weighted by atomic mass is 19.4. The Bertz CT molecular complexity index is 634. The Hall–Kier alpha value is -2.29. The summed E-state index contributed by atoms with van der Waals surface area (Å²) in [5, 5.41) is 7.29. The van der Waals surface area contributed by atoms with Crippen molar-refractivity contribution in [1.29, 1.82) is 0 Å². The lowest BCUT2D eigenvalue weighted by molar-refractivity contribution is -0.123. The minimum Gasteiger partial charge on any atom is -0.343 e. The molecule has 1 aliphatic rings. The van der Waals surface area contributed by atoms with E-state index in [9.17, 15) is 22.8 Å². The van der Waals surface area contributed by atoms with Crippen molar-refractivity contribution in [3.8, 4) is 0 Å². The SMILES string of the molecule is CCCN1CCC[C@H]1CNC(=O)Nc1ccc(C(=O)NCC(F)(F)F)cc1. The molecule has 0 spiro atoms. The van der Waals surface area contributed by atoms with Crippen LogP contribution in [0.1, 0.15) is 36.5 Å². The van der Waals surface area contributed by atoms with E-state index in [-0.39, 0.29) is 11.6 Å². The third kappa shape index (κ3) is 7.09. The topological polar surface area (TPSA) is 73.5 Å². The number of benzene rings is 1. The number of nitrogens with one attached hydrogen (secondary N) is 3. The first-order valence-corrected chi connectivity index (χ1v) is 9.02. The Kier molecular flexibility index (Phi) is 7.46. The molecule has 150 valence electrons. The van der Waals surface area contributed by atoms with Crippen molar-refractivity contribution >= 4 is 17.6 Å². The predicted octanol–water partition coefficient (Wildman–Crippen LogP) is 2.97. The van der Waals surface area contributed by atoms with Gasteiger partial charge in [0.1, 0.15) is 6.54 Å². The number of carbonyl (C=O) groups excluding carboxylic acids is 2. The van der Waals surface area contributed by atoms with Crippen LogP contribution >= 0.6 is 0 Å². The minimum absolute atomic E-state index is 0.0892. The van der Waals surface area contributed by atoms with E-state index in [1.807, 2.05) is 0 Å². The van der Waals surface area contributed by atoms with Gasteiger partial charge in [0.2, 0.25) is 0 Å². The number of nitrogens with zero attached hydrogens (tertiary/aromatic N) is 1. The van der Waals surface area contributed by atoms with Gasteiger partial charge in [0.25, 0.3) is 5.91 Å². The van der Waals surface area contributed by atoms with E-state index in [0.29, 0.717) is 18.3 Å². The van der Waals surface area contributed by atoms with E-state index >= 15 is 0 Å². The molecule has 27 heavy (non-hydrogen) atoms. The molecule has 0 unspecified atom stereocenters. The first-order chi connectivity index (χ1) is 12.8. The van der Waals surface area contributed by atoms with E-state index in [0.717, 1.165) is 32.4 Å². The van der Waals surface area contributed by atoms with Crippen LogP contribution in [0.4, 0.5) is 23.7 Å². The molecule has 1 atom stereocenters. The molecule has 3 N–H and O–H groups in total. The van der Waals surface area contributed by atoms with Gasteiger partial charge in [-0.15, -0.1) is 0 Å². The fourth-order valence-electron chi connectivity index (χ4n) is 3.08. The summed E-state index contributed by atoms with van der Waals surface area (Å²) in [5.74, 6) is -0.819. The third-order valence-corrected chi connectivity index (χ3v) is 4.36.